The van der Waals surface area contributed by atoms with Crippen molar-refractivity contribution in [1.29, 1.82) is 0 Å². The number of phenolic OH excluding ortho intramolecular Hbond substituents is 1. The fourth-order valence-electron chi connectivity index (χ4n) is 1.46. The van der Waals surface area contributed by atoms with Gasteiger partial charge in [0.05, 0.1) is 15.6 Å². The van der Waals surface area contributed by atoms with Gasteiger partial charge in [-0.05, 0) is 6.07 Å². The SMILES string of the molecule is O=C(c1ccccc1)c1cc(Cl)c(Cl)cc1O. The van der Waals surface area contributed by atoms with Gasteiger partial charge in [0.15, 0.2) is 5.78 Å². The number of hydrogen-bond acceptors (Lipinski definition) is 2. The molecule has 0 saturated heterocycles. The van der Waals surface area contributed by atoms with E-state index in [4.69, 9.17) is 23.2 Å². The highest BCUT2D eigenvalue weighted by molar-refractivity contribution is 6.42. The van der Waals surface area contributed by atoms with Crippen molar-refractivity contribution in [3.63, 3.8) is 0 Å². The third kappa shape index (κ3) is 2.43. The molecule has 0 spiro atoms. The highest BCUT2D eigenvalue weighted by Gasteiger charge is 2.15. The fraction of sp³-hybridized carbons (Fsp3) is 0. The fourth-order valence-corrected chi connectivity index (χ4v) is 1.78. The largest absolute Gasteiger partial charge is 0.507 e. The Labute approximate surface area is 108 Å². The van der Waals surface area contributed by atoms with E-state index >= 15 is 0 Å². The Bertz CT molecular complexity index is 565. The average molecular weight is 267 g/mol. The number of carbonyl (C=O) groups is 1. The van der Waals surface area contributed by atoms with Crippen LogP contribution >= 0.6 is 23.2 Å². The predicted molar refractivity (Wildman–Crippen MR) is 68.0 cm³/mol. The summed E-state index contributed by atoms with van der Waals surface area (Å²) in [5.74, 6) is -0.463. The molecule has 0 heterocycles. The summed E-state index contributed by atoms with van der Waals surface area (Å²) in [6, 6.07) is 11.3. The lowest BCUT2D eigenvalue weighted by atomic mass is 10.0. The van der Waals surface area contributed by atoms with Crippen molar-refractivity contribution in [2.24, 2.45) is 0 Å². The molecule has 2 aromatic carbocycles. The molecule has 2 aromatic rings. The molecule has 0 aliphatic rings. The van der Waals surface area contributed by atoms with Gasteiger partial charge in [0, 0.05) is 11.6 Å². The van der Waals surface area contributed by atoms with Crippen LogP contribution in [0.25, 0.3) is 0 Å². The Morgan fingerprint density at radius 3 is 2.24 bits per heavy atom. The van der Waals surface area contributed by atoms with Crippen LogP contribution in [0.2, 0.25) is 10.0 Å². The molecule has 0 fully saturated rings. The van der Waals surface area contributed by atoms with E-state index in [0.717, 1.165) is 0 Å². The van der Waals surface area contributed by atoms with Crippen LogP contribution in [0.15, 0.2) is 42.5 Å². The summed E-state index contributed by atoms with van der Waals surface area (Å²) in [5.41, 5.74) is 0.631. The van der Waals surface area contributed by atoms with E-state index in [1.165, 1.54) is 12.1 Å². The van der Waals surface area contributed by atoms with Crippen LogP contribution in [0.4, 0.5) is 0 Å². The first-order valence-corrected chi connectivity index (χ1v) is 5.63. The third-order valence-corrected chi connectivity index (χ3v) is 3.04. The number of rotatable bonds is 2. The number of phenols is 1. The van der Waals surface area contributed by atoms with Crippen LogP contribution in [-0.2, 0) is 0 Å². The average Bonchev–Trinajstić information content (AvgIpc) is 2.34. The van der Waals surface area contributed by atoms with Crippen molar-refractivity contribution in [1.82, 2.24) is 0 Å². The minimum Gasteiger partial charge on any atom is -0.507 e. The summed E-state index contributed by atoms with van der Waals surface area (Å²) >= 11 is 11.6. The first-order valence-electron chi connectivity index (χ1n) is 4.87. The summed E-state index contributed by atoms with van der Waals surface area (Å²) in [6.07, 6.45) is 0. The van der Waals surface area contributed by atoms with E-state index in [1.54, 1.807) is 24.3 Å². The molecule has 1 N–H and O–H groups in total. The molecule has 0 saturated carbocycles. The topological polar surface area (TPSA) is 37.3 Å². The molecule has 0 unspecified atom stereocenters. The predicted octanol–water partition coefficient (Wildman–Crippen LogP) is 3.93. The first kappa shape index (κ1) is 12.0. The zero-order chi connectivity index (χ0) is 12.4. The maximum Gasteiger partial charge on any atom is 0.196 e. The Morgan fingerprint density at radius 1 is 1.00 bits per heavy atom. The first-order chi connectivity index (χ1) is 8.09. The lowest BCUT2D eigenvalue weighted by molar-refractivity contribution is 0.103. The highest BCUT2D eigenvalue weighted by Crippen LogP contribution is 2.31. The Morgan fingerprint density at radius 2 is 1.59 bits per heavy atom. The molecule has 2 rings (SSSR count). The number of benzene rings is 2. The van der Waals surface area contributed by atoms with Crippen molar-refractivity contribution in [3.8, 4) is 5.75 Å². The number of halogens is 2. The molecule has 0 aromatic heterocycles. The zero-order valence-electron chi connectivity index (χ0n) is 8.65. The van der Waals surface area contributed by atoms with Gasteiger partial charge in [0.25, 0.3) is 0 Å². The van der Waals surface area contributed by atoms with Crippen molar-refractivity contribution in [2.45, 2.75) is 0 Å². The van der Waals surface area contributed by atoms with Gasteiger partial charge in [-0.2, -0.15) is 0 Å². The molecule has 0 aliphatic heterocycles. The van der Waals surface area contributed by atoms with Crippen LogP contribution in [0.3, 0.4) is 0 Å². The van der Waals surface area contributed by atoms with Crippen LogP contribution in [-0.4, -0.2) is 10.9 Å². The van der Waals surface area contributed by atoms with Crippen LogP contribution < -0.4 is 0 Å². The summed E-state index contributed by atoms with van der Waals surface area (Å²) in [6.45, 7) is 0. The molecule has 86 valence electrons. The molecular formula is C13H8Cl2O2. The molecule has 2 nitrogen and oxygen atoms in total. The van der Waals surface area contributed by atoms with Crippen LogP contribution in [0, 0.1) is 0 Å². The molecular weight excluding hydrogens is 259 g/mol. The molecule has 4 heteroatoms. The van der Waals surface area contributed by atoms with Gasteiger partial charge in [-0.3, -0.25) is 4.79 Å². The van der Waals surface area contributed by atoms with E-state index < -0.39 is 0 Å². The summed E-state index contributed by atoms with van der Waals surface area (Å²) in [7, 11) is 0. The quantitative estimate of drug-likeness (QED) is 0.837. The number of hydrogen-bond donors (Lipinski definition) is 1. The van der Waals surface area contributed by atoms with Gasteiger partial charge < -0.3 is 5.11 Å². The van der Waals surface area contributed by atoms with Gasteiger partial charge >= 0.3 is 0 Å². The summed E-state index contributed by atoms with van der Waals surface area (Å²) in [4.78, 5) is 12.1. The number of aromatic hydroxyl groups is 1. The maximum absolute atomic E-state index is 12.1. The van der Waals surface area contributed by atoms with E-state index in [0.29, 0.717) is 5.56 Å². The van der Waals surface area contributed by atoms with Crippen LogP contribution in [0.5, 0.6) is 5.75 Å². The third-order valence-electron chi connectivity index (χ3n) is 2.32. The Hall–Kier alpha value is -1.51. The molecule has 0 aliphatic carbocycles. The zero-order valence-corrected chi connectivity index (χ0v) is 10.2. The molecule has 0 bridgehead atoms. The van der Waals surface area contributed by atoms with Crippen molar-refractivity contribution in [3.05, 3.63) is 63.6 Å². The summed E-state index contributed by atoms with van der Waals surface area (Å²) in [5, 5.41) is 10.1. The van der Waals surface area contributed by atoms with E-state index in [2.05, 4.69) is 0 Å². The lowest BCUT2D eigenvalue weighted by Crippen LogP contribution is -2.01. The van der Waals surface area contributed by atoms with Crippen molar-refractivity contribution >= 4 is 29.0 Å². The molecule has 0 atom stereocenters. The standard InChI is InChI=1S/C13H8Cl2O2/c14-10-6-9(12(16)7-11(10)15)13(17)8-4-2-1-3-5-8/h1-7,16H. The normalized spacial score (nSPS) is 10.2. The Kier molecular flexibility index (Phi) is 3.36. The summed E-state index contributed by atoms with van der Waals surface area (Å²) < 4.78 is 0. The number of carbonyl (C=O) groups excluding carboxylic acids is 1. The Balaban J connectivity index is 2.48. The smallest absolute Gasteiger partial charge is 0.196 e. The molecule has 0 radical (unpaired) electrons. The minimum absolute atomic E-state index is 0.144. The number of ketones is 1. The highest BCUT2D eigenvalue weighted by atomic mass is 35.5. The van der Waals surface area contributed by atoms with Gasteiger partial charge in [0.2, 0.25) is 0 Å². The second-order valence-electron chi connectivity index (χ2n) is 3.48. The van der Waals surface area contributed by atoms with Crippen LogP contribution in [0.1, 0.15) is 15.9 Å². The van der Waals surface area contributed by atoms with E-state index in [9.17, 15) is 9.90 Å². The minimum atomic E-state index is -0.290. The van der Waals surface area contributed by atoms with Crippen molar-refractivity contribution < 1.29 is 9.90 Å². The monoisotopic (exact) mass is 266 g/mol. The lowest BCUT2D eigenvalue weighted by Gasteiger charge is -2.05. The van der Waals surface area contributed by atoms with Gasteiger partial charge in [-0.1, -0.05) is 53.5 Å². The molecule has 17 heavy (non-hydrogen) atoms. The molecule has 0 amide bonds. The van der Waals surface area contributed by atoms with Crippen molar-refractivity contribution in [2.75, 3.05) is 0 Å². The van der Waals surface area contributed by atoms with Gasteiger partial charge in [0.1, 0.15) is 5.75 Å². The second kappa shape index (κ2) is 4.78. The van der Waals surface area contributed by atoms with E-state index in [1.807, 2.05) is 6.07 Å². The van der Waals surface area contributed by atoms with Gasteiger partial charge in [-0.25, -0.2) is 0 Å². The van der Waals surface area contributed by atoms with E-state index in [-0.39, 0.29) is 27.1 Å². The second-order valence-corrected chi connectivity index (χ2v) is 4.29. The maximum atomic E-state index is 12.1. The van der Waals surface area contributed by atoms with Gasteiger partial charge in [-0.15, -0.1) is 0 Å².